The fraction of sp³-hybridized carbons (Fsp3) is 1.00. The van der Waals surface area contributed by atoms with Crippen molar-refractivity contribution in [3.8, 4) is 0 Å². The summed E-state index contributed by atoms with van der Waals surface area (Å²) in [6, 6.07) is 1.43. The van der Waals surface area contributed by atoms with E-state index < -0.39 is 18.9 Å². The molecule has 1 fully saturated rings. The van der Waals surface area contributed by atoms with Gasteiger partial charge in [0.1, 0.15) is 0 Å². The summed E-state index contributed by atoms with van der Waals surface area (Å²) in [5.74, 6) is 0. The maximum absolute atomic E-state index is 2.97. The van der Waals surface area contributed by atoms with Crippen LogP contribution in [0.4, 0.5) is 0 Å². The SMILES string of the molecule is CC(C)[N]1CCC[N](C(C)C)[Sn]1([CH](C)C)[CH](C)C. The third kappa shape index (κ3) is 2.76. The van der Waals surface area contributed by atoms with Crippen LogP contribution in [-0.4, -0.2) is 50.3 Å². The van der Waals surface area contributed by atoms with Crippen molar-refractivity contribution < 1.29 is 0 Å². The van der Waals surface area contributed by atoms with Gasteiger partial charge in [0.25, 0.3) is 0 Å². The molecular formula is C15H34N2Sn. The van der Waals surface area contributed by atoms with Crippen LogP contribution >= 0.6 is 0 Å². The first kappa shape index (κ1) is 16.8. The van der Waals surface area contributed by atoms with Crippen LogP contribution in [0, 0.1) is 0 Å². The third-order valence-electron chi connectivity index (χ3n) is 4.66. The molecule has 3 heteroatoms. The zero-order valence-corrected chi connectivity index (χ0v) is 16.7. The second kappa shape index (κ2) is 6.45. The first-order valence-electron chi connectivity index (χ1n) is 7.79. The van der Waals surface area contributed by atoms with E-state index in [1.54, 1.807) is 0 Å². The summed E-state index contributed by atoms with van der Waals surface area (Å²) >= 11 is -2.47. The van der Waals surface area contributed by atoms with Crippen molar-refractivity contribution in [2.24, 2.45) is 0 Å². The summed E-state index contributed by atoms with van der Waals surface area (Å²) in [4.78, 5) is 0. The number of hydrogen-bond acceptors (Lipinski definition) is 2. The van der Waals surface area contributed by atoms with E-state index in [4.69, 9.17) is 0 Å². The fourth-order valence-electron chi connectivity index (χ4n) is 4.27. The van der Waals surface area contributed by atoms with E-state index in [-0.39, 0.29) is 0 Å². The van der Waals surface area contributed by atoms with Gasteiger partial charge < -0.3 is 0 Å². The Morgan fingerprint density at radius 2 is 1.00 bits per heavy atom. The fourth-order valence-corrected chi connectivity index (χ4v) is 24.3. The molecule has 1 aliphatic heterocycles. The Hall–Kier alpha value is 0.719. The summed E-state index contributed by atoms with van der Waals surface area (Å²) in [6.07, 6.45) is 1.36. The van der Waals surface area contributed by atoms with Crippen LogP contribution < -0.4 is 0 Å². The number of rotatable bonds is 4. The van der Waals surface area contributed by atoms with Crippen LogP contribution in [0.3, 0.4) is 0 Å². The monoisotopic (exact) mass is 362 g/mol. The predicted octanol–water partition coefficient (Wildman–Crippen LogP) is 4.07. The Morgan fingerprint density at radius 3 is 1.22 bits per heavy atom. The average molecular weight is 361 g/mol. The Morgan fingerprint density at radius 1 is 0.667 bits per heavy atom. The molecule has 1 saturated heterocycles. The first-order valence-corrected chi connectivity index (χ1v) is 13.6. The molecule has 0 saturated carbocycles. The average Bonchev–Trinajstić information content (AvgIpc) is 2.26. The van der Waals surface area contributed by atoms with E-state index in [9.17, 15) is 0 Å². The molecule has 0 atom stereocenters. The normalized spacial score (nSPS) is 22.7. The summed E-state index contributed by atoms with van der Waals surface area (Å²) in [5.41, 5.74) is 0. The second-order valence-electron chi connectivity index (χ2n) is 7.02. The van der Waals surface area contributed by atoms with Gasteiger partial charge in [-0.2, -0.15) is 0 Å². The van der Waals surface area contributed by atoms with Crippen LogP contribution in [0.2, 0.25) is 7.87 Å². The van der Waals surface area contributed by atoms with Gasteiger partial charge in [0, 0.05) is 0 Å². The predicted molar refractivity (Wildman–Crippen MR) is 84.3 cm³/mol. The molecule has 0 aromatic carbocycles. The summed E-state index contributed by atoms with van der Waals surface area (Å²) in [6.45, 7) is 22.3. The molecule has 0 amide bonds. The molecule has 0 bridgehead atoms. The quantitative estimate of drug-likeness (QED) is 0.697. The molecule has 0 N–H and O–H groups in total. The zero-order valence-electron chi connectivity index (χ0n) is 13.8. The van der Waals surface area contributed by atoms with Crippen molar-refractivity contribution in [3.05, 3.63) is 0 Å². The van der Waals surface area contributed by atoms with Gasteiger partial charge in [-0.15, -0.1) is 0 Å². The molecule has 1 aliphatic rings. The molecule has 0 spiro atoms. The first-order chi connectivity index (χ1) is 8.26. The van der Waals surface area contributed by atoms with Crippen molar-refractivity contribution in [1.29, 1.82) is 0 Å². The molecule has 2 nitrogen and oxygen atoms in total. The van der Waals surface area contributed by atoms with E-state index in [0.29, 0.717) is 12.1 Å². The van der Waals surface area contributed by atoms with Gasteiger partial charge in [-0.3, -0.25) is 0 Å². The molecule has 0 unspecified atom stereocenters. The minimum absolute atomic E-state index is 0.715. The van der Waals surface area contributed by atoms with Crippen molar-refractivity contribution in [3.63, 3.8) is 0 Å². The van der Waals surface area contributed by atoms with Crippen molar-refractivity contribution in [2.45, 2.75) is 81.8 Å². The van der Waals surface area contributed by atoms with Crippen LogP contribution in [0.5, 0.6) is 0 Å². The van der Waals surface area contributed by atoms with E-state index in [1.807, 2.05) is 0 Å². The van der Waals surface area contributed by atoms with Crippen LogP contribution in [0.1, 0.15) is 61.8 Å². The van der Waals surface area contributed by atoms with E-state index in [2.05, 4.69) is 61.6 Å². The summed E-state index contributed by atoms with van der Waals surface area (Å²) < 4.78 is 7.66. The van der Waals surface area contributed by atoms with Gasteiger partial charge in [-0.05, 0) is 0 Å². The van der Waals surface area contributed by atoms with Crippen LogP contribution in [0.25, 0.3) is 0 Å². The van der Waals surface area contributed by atoms with Crippen LogP contribution in [0.15, 0.2) is 0 Å². The second-order valence-corrected chi connectivity index (χ2v) is 21.4. The van der Waals surface area contributed by atoms with Crippen molar-refractivity contribution in [1.82, 2.24) is 6.24 Å². The molecule has 18 heavy (non-hydrogen) atoms. The number of nitrogens with zero attached hydrogens (tertiary/aromatic N) is 2. The standard InChI is InChI=1S/C9H20N2.2C3H7.Sn/c1-8(2)10-6-5-7-11-9(3)4;2*1-3-2;/h8-9H,5-7H2,1-4H3;2*3H,1-2H3;/q-2;;;+2. The van der Waals surface area contributed by atoms with Gasteiger partial charge in [0.15, 0.2) is 0 Å². The Balaban J connectivity index is 3.27. The topological polar surface area (TPSA) is 6.48 Å². The van der Waals surface area contributed by atoms with Crippen molar-refractivity contribution in [2.75, 3.05) is 13.1 Å². The molecular weight excluding hydrogens is 327 g/mol. The van der Waals surface area contributed by atoms with Gasteiger partial charge in [0.05, 0.1) is 0 Å². The Kier molecular flexibility index (Phi) is 6.01. The Labute approximate surface area is 120 Å². The molecule has 0 aromatic heterocycles. The summed E-state index contributed by atoms with van der Waals surface area (Å²) in [7, 11) is 0. The van der Waals surface area contributed by atoms with Gasteiger partial charge >= 0.3 is 120 Å². The van der Waals surface area contributed by atoms with E-state index >= 15 is 0 Å². The molecule has 0 radical (unpaired) electrons. The zero-order chi connectivity index (χ0) is 14.1. The molecule has 0 aliphatic carbocycles. The minimum atomic E-state index is -2.47. The van der Waals surface area contributed by atoms with E-state index in [1.165, 1.54) is 19.5 Å². The van der Waals surface area contributed by atoms with Gasteiger partial charge in [-0.1, -0.05) is 0 Å². The summed E-state index contributed by atoms with van der Waals surface area (Å²) in [5, 5.41) is 0. The van der Waals surface area contributed by atoms with Crippen molar-refractivity contribution >= 4 is 18.9 Å². The molecule has 1 heterocycles. The van der Waals surface area contributed by atoms with E-state index in [0.717, 1.165) is 7.87 Å². The van der Waals surface area contributed by atoms with Gasteiger partial charge in [-0.25, -0.2) is 0 Å². The maximum atomic E-state index is 2.97. The Bertz CT molecular complexity index is 235. The molecule has 0 aromatic rings. The molecule has 108 valence electrons. The number of hydrogen-bond donors (Lipinski definition) is 0. The van der Waals surface area contributed by atoms with Gasteiger partial charge in [0.2, 0.25) is 0 Å². The van der Waals surface area contributed by atoms with Crippen LogP contribution in [-0.2, 0) is 0 Å². The third-order valence-corrected chi connectivity index (χ3v) is 23.8. The molecule has 1 rings (SSSR count).